The van der Waals surface area contributed by atoms with Gasteiger partial charge < -0.3 is 21.1 Å². The maximum atomic E-state index is 12.1. The molecule has 1 aromatic heterocycles. The predicted molar refractivity (Wildman–Crippen MR) is 139 cm³/mol. The molecule has 1 unspecified atom stereocenters. The van der Waals surface area contributed by atoms with Crippen molar-refractivity contribution in [2.75, 3.05) is 20.1 Å². The number of halogens is 1. The van der Waals surface area contributed by atoms with Gasteiger partial charge in [-0.1, -0.05) is 37.3 Å². The van der Waals surface area contributed by atoms with E-state index in [1.165, 1.54) is 0 Å². The summed E-state index contributed by atoms with van der Waals surface area (Å²) in [5.41, 5.74) is 1.62. The first-order valence-electron chi connectivity index (χ1n) is 10.1. The van der Waals surface area contributed by atoms with Crippen LogP contribution in [-0.4, -0.2) is 37.1 Å². The molecule has 6 nitrogen and oxygen atoms in total. The van der Waals surface area contributed by atoms with Crippen LogP contribution in [0.4, 0.5) is 0 Å². The van der Waals surface area contributed by atoms with E-state index in [0.29, 0.717) is 31.2 Å². The van der Waals surface area contributed by atoms with E-state index in [9.17, 15) is 9.90 Å². The number of aliphatic hydroxyl groups excluding tert-OH is 1. The van der Waals surface area contributed by atoms with Gasteiger partial charge in [0, 0.05) is 41.8 Å². The first-order valence-corrected chi connectivity index (χ1v) is 10.9. The van der Waals surface area contributed by atoms with Gasteiger partial charge in [0.1, 0.15) is 6.10 Å². The molecule has 31 heavy (non-hydrogen) atoms. The van der Waals surface area contributed by atoms with Gasteiger partial charge >= 0.3 is 0 Å². The zero-order valence-electron chi connectivity index (χ0n) is 17.7. The van der Waals surface area contributed by atoms with Crippen LogP contribution in [0.1, 0.15) is 40.2 Å². The van der Waals surface area contributed by atoms with Crippen LogP contribution in [0.2, 0.25) is 0 Å². The maximum absolute atomic E-state index is 12.1. The largest absolute Gasteiger partial charge is 0.386 e. The number of fused-ring (bicyclic) bond motifs is 1. The van der Waals surface area contributed by atoms with Gasteiger partial charge in [0.25, 0.3) is 5.91 Å². The number of carbonyl (C=O) groups is 1. The summed E-state index contributed by atoms with van der Waals surface area (Å²) in [6.07, 6.45) is 0.286. The summed E-state index contributed by atoms with van der Waals surface area (Å²) >= 11 is 1.60. The van der Waals surface area contributed by atoms with Crippen molar-refractivity contribution >= 4 is 57.3 Å². The number of nitrogens with zero attached hydrogens (tertiary/aromatic N) is 1. The minimum Gasteiger partial charge on any atom is -0.386 e. The highest BCUT2D eigenvalue weighted by Crippen LogP contribution is 2.29. The third-order valence-corrected chi connectivity index (χ3v) is 5.86. The Hall–Kier alpha value is -2.17. The second kappa shape index (κ2) is 12.6. The Morgan fingerprint density at radius 3 is 2.65 bits per heavy atom. The third-order valence-electron chi connectivity index (χ3n) is 4.64. The zero-order chi connectivity index (χ0) is 21.3. The molecule has 8 heteroatoms. The Morgan fingerprint density at radius 2 is 1.90 bits per heavy atom. The number of nitrogens with one attached hydrogen (secondary N) is 3. The topological polar surface area (TPSA) is 85.8 Å². The first kappa shape index (κ1) is 25.1. The summed E-state index contributed by atoms with van der Waals surface area (Å²) in [5, 5.41) is 21.0. The van der Waals surface area contributed by atoms with Gasteiger partial charge in [0.05, 0.1) is 0 Å². The van der Waals surface area contributed by atoms with E-state index in [0.717, 1.165) is 26.9 Å². The molecule has 166 valence electrons. The van der Waals surface area contributed by atoms with Gasteiger partial charge in [-0.15, -0.1) is 35.3 Å². The average molecular weight is 552 g/mol. The molecule has 1 heterocycles. The predicted octanol–water partition coefficient (Wildman–Crippen LogP) is 4.06. The molecule has 2 aromatic carbocycles. The monoisotopic (exact) mass is 552 g/mol. The van der Waals surface area contributed by atoms with Crippen LogP contribution in [0.25, 0.3) is 10.1 Å². The van der Waals surface area contributed by atoms with Gasteiger partial charge in [-0.05, 0) is 41.6 Å². The van der Waals surface area contributed by atoms with E-state index >= 15 is 0 Å². The molecule has 0 fully saturated rings. The number of carbonyl (C=O) groups excluding carboxylic acids is 1. The van der Waals surface area contributed by atoms with E-state index in [1.54, 1.807) is 18.4 Å². The Bertz CT molecular complexity index is 988. The smallest absolute Gasteiger partial charge is 0.251 e. The van der Waals surface area contributed by atoms with Crippen molar-refractivity contribution in [2.24, 2.45) is 4.99 Å². The highest BCUT2D eigenvalue weighted by Gasteiger charge is 2.12. The van der Waals surface area contributed by atoms with Crippen molar-refractivity contribution in [2.45, 2.75) is 26.0 Å². The minimum atomic E-state index is -0.619. The number of rotatable bonds is 8. The van der Waals surface area contributed by atoms with Gasteiger partial charge in [0.2, 0.25) is 0 Å². The number of aliphatic imine (C=N–C) groups is 1. The molecular weight excluding hydrogens is 523 g/mol. The fourth-order valence-corrected chi connectivity index (χ4v) is 4.08. The normalized spacial score (nSPS) is 12.2. The number of benzene rings is 2. The number of thiophene rings is 1. The molecule has 0 bridgehead atoms. The van der Waals surface area contributed by atoms with Crippen LogP contribution >= 0.6 is 35.3 Å². The molecule has 0 aliphatic carbocycles. The van der Waals surface area contributed by atoms with Crippen molar-refractivity contribution in [1.82, 2.24) is 16.0 Å². The quantitative estimate of drug-likeness (QED) is 0.193. The Balaban J connectivity index is 0.00000341. The van der Waals surface area contributed by atoms with Crippen LogP contribution < -0.4 is 16.0 Å². The Labute approximate surface area is 204 Å². The molecule has 0 saturated heterocycles. The minimum absolute atomic E-state index is 0. The number of guanidine groups is 1. The molecular formula is C23H29IN4O2S. The number of aliphatic hydroxyl groups is 1. The SMILES string of the molecule is CCCNC(=O)c1cccc(CNC(=NC)NCC(O)c2cc3ccccc3s2)c1.I. The highest BCUT2D eigenvalue weighted by atomic mass is 127. The number of amides is 1. The van der Waals surface area contributed by atoms with E-state index in [1.807, 2.05) is 55.5 Å². The summed E-state index contributed by atoms with van der Waals surface area (Å²) in [6, 6.07) is 17.6. The van der Waals surface area contributed by atoms with Crippen LogP contribution in [0.15, 0.2) is 59.6 Å². The van der Waals surface area contributed by atoms with Gasteiger partial charge in [-0.3, -0.25) is 9.79 Å². The molecule has 4 N–H and O–H groups in total. The lowest BCUT2D eigenvalue weighted by Gasteiger charge is -2.15. The van der Waals surface area contributed by atoms with Crippen LogP contribution in [0.3, 0.4) is 0 Å². The first-order chi connectivity index (χ1) is 14.6. The number of hydrogen-bond acceptors (Lipinski definition) is 4. The fourth-order valence-electron chi connectivity index (χ4n) is 3.03. The van der Waals surface area contributed by atoms with E-state index in [-0.39, 0.29) is 29.9 Å². The second-order valence-electron chi connectivity index (χ2n) is 6.97. The molecule has 0 aliphatic heterocycles. The molecule has 3 aromatic rings. The molecule has 3 rings (SSSR count). The molecule has 0 radical (unpaired) electrons. The average Bonchev–Trinajstić information content (AvgIpc) is 3.22. The van der Waals surface area contributed by atoms with Gasteiger partial charge in [-0.2, -0.15) is 0 Å². The van der Waals surface area contributed by atoms with Crippen molar-refractivity contribution in [3.8, 4) is 0 Å². The van der Waals surface area contributed by atoms with Crippen molar-refractivity contribution in [3.63, 3.8) is 0 Å². The summed E-state index contributed by atoms with van der Waals surface area (Å²) in [7, 11) is 1.69. The van der Waals surface area contributed by atoms with Crippen molar-refractivity contribution < 1.29 is 9.90 Å². The van der Waals surface area contributed by atoms with Crippen LogP contribution in [-0.2, 0) is 6.54 Å². The number of hydrogen-bond donors (Lipinski definition) is 4. The van der Waals surface area contributed by atoms with E-state index < -0.39 is 6.10 Å². The Morgan fingerprint density at radius 1 is 1.10 bits per heavy atom. The molecule has 1 amide bonds. The van der Waals surface area contributed by atoms with Gasteiger partial charge in [-0.25, -0.2) is 0 Å². The second-order valence-corrected chi connectivity index (χ2v) is 8.08. The van der Waals surface area contributed by atoms with Crippen molar-refractivity contribution in [1.29, 1.82) is 0 Å². The van der Waals surface area contributed by atoms with Crippen LogP contribution in [0.5, 0.6) is 0 Å². The standard InChI is InChI=1S/C23H28N4O2S.HI/c1-3-11-25-22(29)18-9-6-7-16(12-18)14-26-23(24-2)27-15-19(28)21-13-17-8-4-5-10-20(17)30-21;/h4-10,12-13,19,28H,3,11,14-15H2,1-2H3,(H,25,29)(H2,24,26,27);1H. The summed E-state index contributed by atoms with van der Waals surface area (Å²) in [5.74, 6) is 0.531. The fraction of sp³-hybridized carbons (Fsp3) is 0.304. The lowest BCUT2D eigenvalue weighted by Crippen LogP contribution is -2.38. The molecule has 0 spiro atoms. The zero-order valence-corrected chi connectivity index (χ0v) is 20.9. The lowest BCUT2D eigenvalue weighted by molar-refractivity contribution is 0.0953. The highest BCUT2D eigenvalue weighted by molar-refractivity contribution is 14.0. The maximum Gasteiger partial charge on any atom is 0.251 e. The van der Waals surface area contributed by atoms with Crippen LogP contribution in [0, 0.1) is 0 Å². The van der Waals surface area contributed by atoms with Gasteiger partial charge in [0.15, 0.2) is 5.96 Å². The molecule has 0 aliphatic rings. The summed E-state index contributed by atoms with van der Waals surface area (Å²) < 4.78 is 1.16. The lowest BCUT2D eigenvalue weighted by atomic mass is 10.1. The summed E-state index contributed by atoms with van der Waals surface area (Å²) in [4.78, 5) is 17.3. The Kier molecular flexibility index (Phi) is 10.2. The third kappa shape index (κ3) is 7.19. The van der Waals surface area contributed by atoms with E-state index in [2.05, 4.69) is 27.0 Å². The summed E-state index contributed by atoms with van der Waals surface area (Å²) in [6.45, 7) is 3.57. The molecule has 1 atom stereocenters. The van der Waals surface area contributed by atoms with Crippen molar-refractivity contribution in [3.05, 3.63) is 70.6 Å². The molecule has 0 saturated carbocycles. The van der Waals surface area contributed by atoms with E-state index in [4.69, 9.17) is 0 Å².